The van der Waals surface area contributed by atoms with Gasteiger partial charge < -0.3 is 10.2 Å². The van der Waals surface area contributed by atoms with E-state index in [0.717, 1.165) is 43.7 Å². The van der Waals surface area contributed by atoms with Gasteiger partial charge >= 0.3 is 0 Å². The van der Waals surface area contributed by atoms with Crippen LogP contribution in [0.15, 0.2) is 24.3 Å². The summed E-state index contributed by atoms with van der Waals surface area (Å²) in [4.78, 5) is 14.4. The van der Waals surface area contributed by atoms with Gasteiger partial charge in [0.25, 0.3) is 0 Å². The van der Waals surface area contributed by atoms with Crippen LogP contribution in [0, 0.1) is 4.77 Å². The highest BCUT2D eigenvalue weighted by molar-refractivity contribution is 7.71. The number of nitrogens with one attached hydrogen (secondary N) is 1. The number of carbonyl (C=O) groups is 1. The van der Waals surface area contributed by atoms with Crippen molar-refractivity contribution in [3.8, 4) is 11.4 Å². The molecule has 29 heavy (non-hydrogen) atoms. The van der Waals surface area contributed by atoms with Gasteiger partial charge in [-0.15, -0.1) is 0 Å². The molecule has 0 aliphatic rings. The van der Waals surface area contributed by atoms with Gasteiger partial charge in [-0.25, -0.2) is 4.68 Å². The fraction of sp³-hybridized carbons (Fsp3) is 0.571. The topological polar surface area (TPSA) is 55.1 Å². The van der Waals surface area contributed by atoms with E-state index < -0.39 is 0 Å². The molecule has 2 aromatic rings. The summed E-state index contributed by atoms with van der Waals surface area (Å²) in [6.07, 6.45) is 3.36. The normalized spacial score (nSPS) is 12.3. The predicted octanol–water partition coefficient (Wildman–Crippen LogP) is 4.38. The molecule has 0 unspecified atom stereocenters. The second-order valence-corrected chi connectivity index (χ2v) is 8.45. The van der Waals surface area contributed by atoms with Crippen LogP contribution in [0.1, 0.15) is 39.5 Å². The Morgan fingerprint density at radius 1 is 1.28 bits per heavy atom. The van der Waals surface area contributed by atoms with E-state index in [2.05, 4.69) is 21.7 Å². The van der Waals surface area contributed by atoms with E-state index in [1.54, 1.807) is 4.68 Å². The SMILES string of the molecule is CCCCn1c(-c2ccc(Cl)cc2)nn(CCC(=O)N[C@H](C)CCN(C)C)c1=S. The van der Waals surface area contributed by atoms with E-state index in [4.69, 9.17) is 28.9 Å². The molecule has 8 heteroatoms. The molecule has 0 saturated carbocycles. The third-order valence-corrected chi connectivity index (χ3v) is 5.41. The summed E-state index contributed by atoms with van der Waals surface area (Å²) in [5, 5.41) is 8.46. The smallest absolute Gasteiger partial charge is 0.222 e. The standard InChI is InChI=1S/C21H32ClN5OS/c1-5-6-13-26-20(17-7-9-18(22)10-8-17)24-27(21(26)29)15-12-19(28)23-16(2)11-14-25(3)4/h7-10,16H,5-6,11-15H2,1-4H3,(H,23,28)/t16-/m1/s1. The highest BCUT2D eigenvalue weighted by Crippen LogP contribution is 2.21. The monoisotopic (exact) mass is 437 g/mol. The first-order valence-corrected chi connectivity index (χ1v) is 11.0. The van der Waals surface area contributed by atoms with Gasteiger partial charge in [-0.3, -0.25) is 9.36 Å². The number of hydrogen-bond donors (Lipinski definition) is 1. The summed E-state index contributed by atoms with van der Waals surface area (Å²) in [7, 11) is 4.06. The first-order valence-electron chi connectivity index (χ1n) is 10.2. The van der Waals surface area contributed by atoms with Gasteiger partial charge in [-0.2, -0.15) is 5.10 Å². The van der Waals surface area contributed by atoms with Crippen molar-refractivity contribution in [1.29, 1.82) is 0 Å². The van der Waals surface area contributed by atoms with Crippen molar-refractivity contribution in [1.82, 2.24) is 24.6 Å². The average molecular weight is 438 g/mol. The van der Waals surface area contributed by atoms with Gasteiger partial charge in [0.1, 0.15) is 0 Å². The number of aromatic nitrogens is 3. The number of halogens is 1. The first kappa shape index (κ1) is 23.6. The molecule has 0 fully saturated rings. The Bertz CT molecular complexity index is 844. The molecule has 1 aromatic carbocycles. The molecule has 1 heterocycles. The van der Waals surface area contributed by atoms with Crippen molar-refractivity contribution in [3.63, 3.8) is 0 Å². The van der Waals surface area contributed by atoms with E-state index in [1.165, 1.54) is 0 Å². The van der Waals surface area contributed by atoms with E-state index >= 15 is 0 Å². The summed E-state index contributed by atoms with van der Waals surface area (Å²) in [6, 6.07) is 7.75. The van der Waals surface area contributed by atoms with Crippen LogP contribution in [0.3, 0.4) is 0 Å². The minimum absolute atomic E-state index is 0.0225. The molecule has 2 rings (SSSR count). The zero-order chi connectivity index (χ0) is 21.4. The molecule has 0 aliphatic carbocycles. The number of nitrogens with zero attached hydrogens (tertiary/aromatic N) is 4. The maximum Gasteiger partial charge on any atom is 0.222 e. The Balaban J connectivity index is 2.09. The molecule has 1 N–H and O–H groups in total. The average Bonchev–Trinajstić information content (AvgIpc) is 2.99. The molecule has 0 bridgehead atoms. The van der Waals surface area contributed by atoms with Crippen molar-refractivity contribution < 1.29 is 4.79 Å². The Morgan fingerprint density at radius 2 is 1.97 bits per heavy atom. The lowest BCUT2D eigenvalue weighted by Crippen LogP contribution is -2.35. The molecule has 0 aliphatic heterocycles. The van der Waals surface area contributed by atoms with Gasteiger partial charge in [0.05, 0.1) is 6.54 Å². The number of benzene rings is 1. The van der Waals surface area contributed by atoms with Crippen LogP contribution in [-0.2, 0) is 17.9 Å². The third-order valence-electron chi connectivity index (χ3n) is 4.73. The van der Waals surface area contributed by atoms with E-state index in [9.17, 15) is 4.79 Å². The quantitative estimate of drug-likeness (QED) is 0.530. The van der Waals surface area contributed by atoms with Crippen molar-refractivity contribution in [2.24, 2.45) is 0 Å². The molecular weight excluding hydrogens is 406 g/mol. The Morgan fingerprint density at radius 3 is 2.59 bits per heavy atom. The highest BCUT2D eigenvalue weighted by atomic mass is 35.5. The lowest BCUT2D eigenvalue weighted by atomic mass is 10.2. The number of aryl methyl sites for hydroxylation is 1. The summed E-state index contributed by atoms with van der Waals surface area (Å²) >= 11 is 11.7. The van der Waals surface area contributed by atoms with Crippen molar-refractivity contribution >= 4 is 29.7 Å². The number of carbonyl (C=O) groups excluding carboxylic acids is 1. The molecule has 0 radical (unpaired) electrons. The van der Waals surface area contributed by atoms with Crippen LogP contribution in [-0.4, -0.2) is 51.8 Å². The summed E-state index contributed by atoms with van der Waals surface area (Å²) < 4.78 is 4.47. The third kappa shape index (κ3) is 7.24. The Kier molecular flexibility index (Phi) is 9.33. The second kappa shape index (κ2) is 11.5. The number of amides is 1. The van der Waals surface area contributed by atoms with Crippen molar-refractivity contribution in [2.75, 3.05) is 20.6 Å². The number of hydrogen-bond acceptors (Lipinski definition) is 4. The van der Waals surface area contributed by atoms with Crippen LogP contribution in [0.25, 0.3) is 11.4 Å². The Labute approximate surface area is 183 Å². The molecule has 1 amide bonds. The molecule has 1 atom stereocenters. The maximum atomic E-state index is 12.3. The number of unbranched alkanes of at least 4 members (excludes halogenated alkanes) is 1. The van der Waals surface area contributed by atoms with Gasteiger partial charge in [0.15, 0.2) is 10.6 Å². The van der Waals surface area contributed by atoms with Crippen LogP contribution in [0.5, 0.6) is 0 Å². The molecule has 6 nitrogen and oxygen atoms in total. The lowest BCUT2D eigenvalue weighted by molar-refractivity contribution is -0.122. The summed E-state index contributed by atoms with van der Waals surface area (Å²) in [5.74, 6) is 0.842. The van der Waals surface area contributed by atoms with Gasteiger partial charge in [0.2, 0.25) is 5.91 Å². The second-order valence-electron chi connectivity index (χ2n) is 7.65. The van der Waals surface area contributed by atoms with Crippen molar-refractivity contribution in [2.45, 2.75) is 58.7 Å². The fourth-order valence-corrected chi connectivity index (χ4v) is 3.43. The molecule has 1 aromatic heterocycles. The Hall–Kier alpha value is -1.70. The largest absolute Gasteiger partial charge is 0.354 e. The van der Waals surface area contributed by atoms with E-state index in [1.807, 2.05) is 45.3 Å². The minimum atomic E-state index is 0.0225. The van der Waals surface area contributed by atoms with Gasteiger partial charge in [-0.1, -0.05) is 24.9 Å². The number of rotatable bonds is 11. The van der Waals surface area contributed by atoms with Crippen LogP contribution in [0.4, 0.5) is 0 Å². The molecule has 0 spiro atoms. The summed E-state index contributed by atoms with van der Waals surface area (Å²) in [6.45, 7) is 6.40. The zero-order valence-electron chi connectivity index (χ0n) is 17.8. The zero-order valence-corrected chi connectivity index (χ0v) is 19.4. The highest BCUT2D eigenvalue weighted by Gasteiger charge is 2.14. The van der Waals surface area contributed by atoms with Crippen LogP contribution in [0.2, 0.25) is 5.02 Å². The summed E-state index contributed by atoms with van der Waals surface area (Å²) in [5.41, 5.74) is 0.970. The fourth-order valence-electron chi connectivity index (χ4n) is 3.00. The predicted molar refractivity (Wildman–Crippen MR) is 122 cm³/mol. The van der Waals surface area contributed by atoms with E-state index in [-0.39, 0.29) is 11.9 Å². The van der Waals surface area contributed by atoms with Gasteiger partial charge in [0, 0.05) is 29.6 Å². The molecule has 160 valence electrons. The minimum Gasteiger partial charge on any atom is -0.354 e. The first-order chi connectivity index (χ1) is 13.8. The van der Waals surface area contributed by atoms with Crippen molar-refractivity contribution in [3.05, 3.63) is 34.1 Å². The van der Waals surface area contributed by atoms with Crippen LogP contribution < -0.4 is 5.32 Å². The molecular formula is C21H32ClN5OS. The maximum absolute atomic E-state index is 12.3. The van der Waals surface area contributed by atoms with E-state index in [0.29, 0.717) is 22.8 Å². The lowest BCUT2D eigenvalue weighted by Gasteiger charge is -2.16. The van der Waals surface area contributed by atoms with Gasteiger partial charge in [-0.05, 0) is 76.9 Å². The van der Waals surface area contributed by atoms with Crippen LogP contribution >= 0.6 is 23.8 Å². The molecule has 0 saturated heterocycles.